The number of nitrogens with zero attached hydrogens (tertiary/aromatic N) is 2. The van der Waals surface area contributed by atoms with Crippen molar-refractivity contribution in [3.05, 3.63) is 69.8 Å². The van der Waals surface area contributed by atoms with Crippen molar-refractivity contribution in [2.75, 3.05) is 18.6 Å². The van der Waals surface area contributed by atoms with Gasteiger partial charge in [0.2, 0.25) is 6.54 Å². The van der Waals surface area contributed by atoms with E-state index in [0.717, 1.165) is 29.8 Å². The van der Waals surface area contributed by atoms with Crippen LogP contribution in [0.1, 0.15) is 17.5 Å². The van der Waals surface area contributed by atoms with Crippen molar-refractivity contribution in [1.29, 1.82) is 0 Å². The average Bonchev–Trinajstić information content (AvgIpc) is 2.57. The summed E-state index contributed by atoms with van der Waals surface area (Å²) >= 11 is 0. The SMILES string of the molecule is COc1ccc2c(c1)CCC(C[N+](=O)[O-])N2Cc1ccccc1. The van der Waals surface area contributed by atoms with Crippen molar-refractivity contribution >= 4 is 5.69 Å². The van der Waals surface area contributed by atoms with E-state index < -0.39 is 0 Å². The van der Waals surface area contributed by atoms with E-state index in [9.17, 15) is 10.1 Å². The minimum absolute atomic E-state index is 0.0295. The highest BCUT2D eigenvalue weighted by Gasteiger charge is 2.30. The van der Waals surface area contributed by atoms with Gasteiger partial charge in [-0.2, -0.15) is 0 Å². The fraction of sp³-hybridized carbons (Fsp3) is 0.333. The fourth-order valence-corrected chi connectivity index (χ4v) is 3.20. The van der Waals surface area contributed by atoms with Crippen LogP contribution in [-0.4, -0.2) is 24.6 Å². The van der Waals surface area contributed by atoms with Crippen LogP contribution in [-0.2, 0) is 13.0 Å². The van der Waals surface area contributed by atoms with E-state index in [1.54, 1.807) is 7.11 Å². The standard InChI is InChI=1S/C18H20N2O3/c1-23-17-9-10-18-15(11-17)7-8-16(13-20(21)22)19(18)12-14-5-3-2-4-6-14/h2-6,9-11,16H,7-8,12-13H2,1H3. The summed E-state index contributed by atoms with van der Waals surface area (Å²) in [6.07, 6.45) is 1.63. The van der Waals surface area contributed by atoms with Gasteiger partial charge in [-0.15, -0.1) is 0 Å². The number of benzene rings is 2. The van der Waals surface area contributed by atoms with Crippen molar-refractivity contribution in [1.82, 2.24) is 0 Å². The molecule has 0 saturated heterocycles. The third-order valence-corrected chi connectivity index (χ3v) is 4.34. The van der Waals surface area contributed by atoms with Crippen LogP contribution in [0.3, 0.4) is 0 Å². The molecule has 0 fully saturated rings. The van der Waals surface area contributed by atoms with Crippen LogP contribution >= 0.6 is 0 Å². The van der Waals surface area contributed by atoms with Gasteiger partial charge in [-0.3, -0.25) is 10.1 Å². The molecule has 0 amide bonds. The summed E-state index contributed by atoms with van der Waals surface area (Å²) < 4.78 is 5.30. The van der Waals surface area contributed by atoms with E-state index in [-0.39, 0.29) is 17.5 Å². The lowest BCUT2D eigenvalue weighted by Crippen LogP contribution is -2.43. The third kappa shape index (κ3) is 3.44. The number of aryl methyl sites for hydroxylation is 1. The van der Waals surface area contributed by atoms with Gasteiger partial charge in [0.1, 0.15) is 5.75 Å². The number of methoxy groups -OCH3 is 1. The lowest BCUT2D eigenvalue weighted by atomic mass is 9.94. The maximum absolute atomic E-state index is 11.0. The molecule has 0 aromatic heterocycles. The van der Waals surface area contributed by atoms with Gasteiger partial charge in [0.15, 0.2) is 0 Å². The molecule has 0 N–H and O–H groups in total. The van der Waals surface area contributed by atoms with Crippen LogP contribution in [0, 0.1) is 10.1 Å². The molecule has 5 nitrogen and oxygen atoms in total. The summed E-state index contributed by atoms with van der Waals surface area (Å²) in [6.45, 7) is 0.650. The number of fused-ring (bicyclic) bond motifs is 1. The van der Waals surface area contributed by atoms with E-state index in [2.05, 4.69) is 17.0 Å². The molecule has 0 saturated carbocycles. The Kier molecular flexibility index (Phi) is 4.46. The maximum Gasteiger partial charge on any atom is 0.223 e. The van der Waals surface area contributed by atoms with Gasteiger partial charge in [-0.05, 0) is 42.2 Å². The molecule has 5 heteroatoms. The molecule has 120 valence electrons. The molecule has 1 aliphatic rings. The monoisotopic (exact) mass is 312 g/mol. The van der Waals surface area contributed by atoms with Crippen LogP contribution in [0.15, 0.2) is 48.5 Å². The zero-order valence-corrected chi connectivity index (χ0v) is 13.1. The second-order valence-electron chi connectivity index (χ2n) is 5.82. The number of hydrogen-bond acceptors (Lipinski definition) is 4. The molecule has 3 rings (SSSR count). The molecular weight excluding hydrogens is 292 g/mol. The number of ether oxygens (including phenoxy) is 1. The number of anilines is 1. The third-order valence-electron chi connectivity index (χ3n) is 4.34. The van der Waals surface area contributed by atoms with E-state index in [1.807, 2.05) is 36.4 Å². The lowest BCUT2D eigenvalue weighted by Gasteiger charge is -2.37. The average molecular weight is 312 g/mol. The Balaban J connectivity index is 1.94. The van der Waals surface area contributed by atoms with Gasteiger partial charge in [0, 0.05) is 17.2 Å². The molecule has 1 aliphatic heterocycles. The first-order valence-electron chi connectivity index (χ1n) is 7.76. The van der Waals surface area contributed by atoms with Crippen LogP contribution in [0.4, 0.5) is 5.69 Å². The highest BCUT2D eigenvalue weighted by Crippen LogP contribution is 2.34. The first-order valence-corrected chi connectivity index (χ1v) is 7.76. The predicted octanol–water partition coefficient (Wildman–Crippen LogP) is 3.29. The zero-order valence-electron chi connectivity index (χ0n) is 13.1. The Bertz CT molecular complexity index is 688. The summed E-state index contributed by atoms with van der Waals surface area (Å²) in [5.41, 5.74) is 3.43. The molecule has 0 bridgehead atoms. The molecule has 1 unspecified atom stereocenters. The molecule has 2 aromatic rings. The molecule has 1 heterocycles. The van der Waals surface area contributed by atoms with Gasteiger partial charge in [0.25, 0.3) is 0 Å². The Morgan fingerprint density at radius 3 is 2.74 bits per heavy atom. The van der Waals surface area contributed by atoms with Gasteiger partial charge < -0.3 is 9.64 Å². The minimum atomic E-state index is -0.211. The van der Waals surface area contributed by atoms with Gasteiger partial charge in [-0.1, -0.05) is 30.3 Å². The van der Waals surface area contributed by atoms with E-state index in [4.69, 9.17) is 4.74 Å². The quantitative estimate of drug-likeness (QED) is 0.628. The molecule has 0 radical (unpaired) electrons. The highest BCUT2D eigenvalue weighted by atomic mass is 16.6. The fourth-order valence-electron chi connectivity index (χ4n) is 3.20. The summed E-state index contributed by atoms with van der Waals surface area (Å²) in [7, 11) is 1.65. The summed E-state index contributed by atoms with van der Waals surface area (Å²) in [5.74, 6) is 0.830. The van der Waals surface area contributed by atoms with Crippen LogP contribution in [0.25, 0.3) is 0 Å². The minimum Gasteiger partial charge on any atom is -0.497 e. The molecule has 2 aromatic carbocycles. The Morgan fingerprint density at radius 2 is 2.04 bits per heavy atom. The number of rotatable bonds is 5. The molecular formula is C18H20N2O3. The second-order valence-corrected chi connectivity index (χ2v) is 5.82. The smallest absolute Gasteiger partial charge is 0.223 e. The number of nitro groups is 1. The van der Waals surface area contributed by atoms with E-state index in [0.29, 0.717) is 6.54 Å². The van der Waals surface area contributed by atoms with Gasteiger partial charge in [-0.25, -0.2) is 0 Å². The summed E-state index contributed by atoms with van der Waals surface area (Å²) in [6, 6.07) is 16.0. The van der Waals surface area contributed by atoms with Gasteiger partial charge in [0.05, 0.1) is 13.2 Å². The first-order chi connectivity index (χ1) is 11.2. The molecule has 1 atom stereocenters. The normalized spacial score (nSPS) is 16.7. The Labute approximate surface area is 135 Å². The second kappa shape index (κ2) is 6.69. The molecule has 23 heavy (non-hydrogen) atoms. The molecule has 0 spiro atoms. The van der Waals surface area contributed by atoms with Crippen LogP contribution in [0.5, 0.6) is 5.75 Å². The zero-order chi connectivity index (χ0) is 16.2. The topological polar surface area (TPSA) is 55.6 Å². The van der Waals surface area contributed by atoms with E-state index in [1.165, 1.54) is 5.56 Å². The Morgan fingerprint density at radius 1 is 1.26 bits per heavy atom. The summed E-state index contributed by atoms with van der Waals surface area (Å²) in [5, 5.41) is 11.0. The van der Waals surface area contributed by atoms with Crippen molar-refractivity contribution in [3.63, 3.8) is 0 Å². The van der Waals surface area contributed by atoms with Crippen LogP contribution in [0.2, 0.25) is 0 Å². The molecule has 0 aliphatic carbocycles. The van der Waals surface area contributed by atoms with Crippen molar-refractivity contribution in [3.8, 4) is 5.75 Å². The Hall–Kier alpha value is -2.56. The highest BCUT2D eigenvalue weighted by molar-refractivity contribution is 5.59. The largest absolute Gasteiger partial charge is 0.497 e. The lowest BCUT2D eigenvalue weighted by molar-refractivity contribution is -0.482. The van der Waals surface area contributed by atoms with Crippen molar-refractivity contribution < 1.29 is 9.66 Å². The predicted molar refractivity (Wildman–Crippen MR) is 89.6 cm³/mol. The number of hydrogen-bond donors (Lipinski definition) is 0. The van der Waals surface area contributed by atoms with Crippen molar-refractivity contribution in [2.45, 2.75) is 25.4 Å². The first kappa shape index (κ1) is 15.3. The van der Waals surface area contributed by atoms with E-state index >= 15 is 0 Å². The van der Waals surface area contributed by atoms with Gasteiger partial charge >= 0.3 is 0 Å². The van der Waals surface area contributed by atoms with Crippen molar-refractivity contribution in [2.24, 2.45) is 0 Å². The maximum atomic E-state index is 11.0. The van der Waals surface area contributed by atoms with Crippen LogP contribution < -0.4 is 9.64 Å². The summed E-state index contributed by atoms with van der Waals surface area (Å²) in [4.78, 5) is 13.0.